The second-order valence-electron chi connectivity index (χ2n) is 4.75. The van der Waals surface area contributed by atoms with Gasteiger partial charge in [0, 0.05) is 12.0 Å². The summed E-state index contributed by atoms with van der Waals surface area (Å²) in [5, 5.41) is 3.97. The molecule has 0 atom stereocenters. The molecular weight excluding hydrogens is 285 g/mol. The highest BCUT2D eigenvalue weighted by atomic mass is 19.1. The summed E-state index contributed by atoms with van der Waals surface area (Å²) in [5.74, 6) is 0.600. The van der Waals surface area contributed by atoms with Gasteiger partial charge in [-0.05, 0) is 11.6 Å². The summed E-state index contributed by atoms with van der Waals surface area (Å²) in [6.07, 6.45) is 3.20. The minimum Gasteiger partial charge on any atom is -0.383 e. The number of benzene rings is 1. The molecule has 22 heavy (non-hydrogen) atoms. The molecule has 8 heteroatoms. The Balaban J connectivity index is 1.88. The van der Waals surface area contributed by atoms with Crippen molar-refractivity contribution in [3.63, 3.8) is 0 Å². The van der Waals surface area contributed by atoms with Gasteiger partial charge in [0.2, 0.25) is 0 Å². The predicted molar refractivity (Wildman–Crippen MR) is 79.2 cm³/mol. The summed E-state index contributed by atoms with van der Waals surface area (Å²) >= 11 is 0. The smallest absolute Gasteiger partial charge is 0.154 e. The van der Waals surface area contributed by atoms with Gasteiger partial charge in [0.05, 0.1) is 0 Å². The SMILES string of the molecule is Nc1nc(Cn2cncn2)nc(N)c1Cc1ccccc1F. The lowest BCUT2D eigenvalue weighted by molar-refractivity contribution is 0.613. The van der Waals surface area contributed by atoms with Crippen molar-refractivity contribution in [1.29, 1.82) is 0 Å². The molecule has 3 rings (SSSR count). The van der Waals surface area contributed by atoms with Crippen LogP contribution in [0, 0.1) is 5.82 Å². The van der Waals surface area contributed by atoms with Gasteiger partial charge in [-0.15, -0.1) is 0 Å². The topological polar surface area (TPSA) is 109 Å². The van der Waals surface area contributed by atoms with Gasteiger partial charge in [-0.2, -0.15) is 5.10 Å². The number of anilines is 2. The van der Waals surface area contributed by atoms with E-state index in [0.717, 1.165) is 0 Å². The van der Waals surface area contributed by atoms with E-state index in [2.05, 4.69) is 20.1 Å². The van der Waals surface area contributed by atoms with Gasteiger partial charge in [-0.3, -0.25) is 0 Å². The maximum absolute atomic E-state index is 13.7. The van der Waals surface area contributed by atoms with Gasteiger partial charge in [-0.25, -0.2) is 24.0 Å². The Kier molecular flexibility index (Phi) is 3.65. The van der Waals surface area contributed by atoms with Crippen LogP contribution in [0.1, 0.15) is 17.0 Å². The molecule has 1 aromatic carbocycles. The fraction of sp³-hybridized carbons (Fsp3) is 0.143. The molecule has 0 aliphatic rings. The summed E-state index contributed by atoms with van der Waals surface area (Å²) in [5.41, 5.74) is 12.9. The van der Waals surface area contributed by atoms with Crippen molar-refractivity contribution in [3.05, 3.63) is 59.7 Å². The molecule has 0 unspecified atom stereocenters. The number of hydrogen-bond donors (Lipinski definition) is 2. The molecule has 7 nitrogen and oxygen atoms in total. The van der Waals surface area contributed by atoms with Crippen LogP contribution in [0.25, 0.3) is 0 Å². The average Bonchev–Trinajstić information content (AvgIpc) is 2.97. The monoisotopic (exact) mass is 299 g/mol. The van der Waals surface area contributed by atoms with Crippen LogP contribution >= 0.6 is 0 Å². The van der Waals surface area contributed by atoms with Crippen LogP contribution < -0.4 is 11.5 Å². The highest BCUT2D eigenvalue weighted by Crippen LogP contribution is 2.21. The van der Waals surface area contributed by atoms with Crippen molar-refractivity contribution in [3.8, 4) is 0 Å². The Morgan fingerprint density at radius 1 is 1.09 bits per heavy atom. The quantitative estimate of drug-likeness (QED) is 0.744. The largest absolute Gasteiger partial charge is 0.383 e. The molecule has 0 fully saturated rings. The molecular formula is C14H14FN7. The molecule has 0 amide bonds. The van der Waals surface area contributed by atoms with Gasteiger partial charge in [-0.1, -0.05) is 18.2 Å². The van der Waals surface area contributed by atoms with Crippen LogP contribution in [0.15, 0.2) is 36.9 Å². The van der Waals surface area contributed by atoms with Crippen LogP contribution in [0.4, 0.5) is 16.0 Å². The molecule has 0 aliphatic carbocycles. The van der Waals surface area contributed by atoms with Crippen LogP contribution in [0.5, 0.6) is 0 Å². The molecule has 0 radical (unpaired) electrons. The molecule has 0 saturated carbocycles. The third-order valence-electron chi connectivity index (χ3n) is 3.21. The Hall–Kier alpha value is -3.03. The first kappa shape index (κ1) is 13.9. The highest BCUT2D eigenvalue weighted by Gasteiger charge is 2.13. The first-order valence-corrected chi connectivity index (χ1v) is 6.60. The van der Waals surface area contributed by atoms with Crippen molar-refractivity contribution < 1.29 is 4.39 Å². The number of hydrogen-bond acceptors (Lipinski definition) is 6. The Morgan fingerprint density at radius 3 is 2.45 bits per heavy atom. The minimum atomic E-state index is -0.312. The average molecular weight is 299 g/mol. The van der Waals surface area contributed by atoms with Crippen molar-refractivity contribution in [2.45, 2.75) is 13.0 Å². The number of aromatic nitrogens is 5. The van der Waals surface area contributed by atoms with Crippen molar-refractivity contribution in [2.75, 3.05) is 11.5 Å². The standard InChI is InChI=1S/C14H14FN7/c15-11-4-2-1-3-9(11)5-10-13(16)20-12(21-14(10)17)6-22-8-18-7-19-22/h1-4,7-8H,5-6H2,(H4,16,17,20,21). The molecule has 2 heterocycles. The maximum Gasteiger partial charge on any atom is 0.154 e. The lowest BCUT2D eigenvalue weighted by atomic mass is 10.1. The summed E-state index contributed by atoms with van der Waals surface area (Å²) in [6, 6.07) is 6.45. The molecule has 0 saturated heterocycles. The Morgan fingerprint density at radius 2 is 1.82 bits per heavy atom. The van der Waals surface area contributed by atoms with E-state index < -0.39 is 0 Å². The third kappa shape index (κ3) is 2.85. The number of rotatable bonds is 4. The van der Waals surface area contributed by atoms with Crippen LogP contribution in [-0.4, -0.2) is 24.7 Å². The Bertz CT molecular complexity index is 763. The second-order valence-corrected chi connectivity index (χ2v) is 4.75. The normalized spacial score (nSPS) is 10.8. The van der Waals surface area contributed by atoms with Crippen LogP contribution in [-0.2, 0) is 13.0 Å². The summed E-state index contributed by atoms with van der Waals surface area (Å²) in [4.78, 5) is 12.3. The molecule has 4 N–H and O–H groups in total. The van der Waals surface area contributed by atoms with Gasteiger partial charge < -0.3 is 11.5 Å². The summed E-state index contributed by atoms with van der Waals surface area (Å²) < 4.78 is 15.3. The van der Waals surface area contributed by atoms with E-state index in [1.807, 2.05) is 0 Å². The molecule has 0 aliphatic heterocycles. The Labute approximate surface area is 125 Å². The zero-order valence-corrected chi connectivity index (χ0v) is 11.6. The zero-order chi connectivity index (χ0) is 15.5. The van der Waals surface area contributed by atoms with Crippen LogP contribution in [0.2, 0.25) is 0 Å². The molecule has 2 aromatic heterocycles. The van der Waals surface area contributed by atoms with E-state index in [9.17, 15) is 4.39 Å². The number of halogens is 1. The molecule has 112 valence electrons. The minimum absolute atomic E-state index is 0.242. The number of nitrogen functional groups attached to an aromatic ring is 2. The van der Waals surface area contributed by atoms with E-state index in [4.69, 9.17) is 11.5 Å². The lowest BCUT2D eigenvalue weighted by Gasteiger charge is -2.10. The van der Waals surface area contributed by atoms with Gasteiger partial charge >= 0.3 is 0 Å². The fourth-order valence-electron chi connectivity index (χ4n) is 2.11. The number of nitrogens with zero attached hydrogens (tertiary/aromatic N) is 5. The zero-order valence-electron chi connectivity index (χ0n) is 11.6. The molecule has 0 spiro atoms. The van der Waals surface area contributed by atoms with Crippen LogP contribution in [0.3, 0.4) is 0 Å². The van der Waals surface area contributed by atoms with E-state index in [1.165, 1.54) is 12.4 Å². The fourth-order valence-corrected chi connectivity index (χ4v) is 2.11. The van der Waals surface area contributed by atoms with E-state index >= 15 is 0 Å². The number of nitrogens with two attached hydrogens (primary N) is 2. The lowest BCUT2D eigenvalue weighted by Crippen LogP contribution is -2.12. The van der Waals surface area contributed by atoms with Crippen molar-refractivity contribution in [2.24, 2.45) is 0 Å². The second kappa shape index (κ2) is 5.76. The van der Waals surface area contributed by atoms with Gasteiger partial charge in [0.15, 0.2) is 5.82 Å². The first-order valence-electron chi connectivity index (χ1n) is 6.60. The molecule has 0 bridgehead atoms. The highest BCUT2D eigenvalue weighted by molar-refractivity contribution is 5.55. The summed E-state index contributed by atoms with van der Waals surface area (Å²) in [7, 11) is 0. The summed E-state index contributed by atoms with van der Waals surface area (Å²) in [6.45, 7) is 0.314. The van der Waals surface area contributed by atoms with Gasteiger partial charge in [0.25, 0.3) is 0 Å². The first-order chi connectivity index (χ1) is 10.6. The maximum atomic E-state index is 13.7. The predicted octanol–water partition coefficient (Wildman–Crippen LogP) is 1.01. The van der Waals surface area contributed by atoms with Crippen molar-refractivity contribution in [1.82, 2.24) is 24.7 Å². The van der Waals surface area contributed by atoms with Gasteiger partial charge in [0.1, 0.15) is 36.7 Å². The van der Waals surface area contributed by atoms with E-state index in [0.29, 0.717) is 23.5 Å². The third-order valence-corrected chi connectivity index (χ3v) is 3.21. The molecule has 3 aromatic rings. The van der Waals surface area contributed by atoms with E-state index in [1.54, 1.807) is 29.2 Å². The van der Waals surface area contributed by atoms with E-state index in [-0.39, 0.29) is 23.9 Å². The van der Waals surface area contributed by atoms with Crippen molar-refractivity contribution >= 4 is 11.6 Å².